The van der Waals surface area contributed by atoms with Crippen molar-refractivity contribution >= 4 is 28.0 Å². The zero-order valence-electron chi connectivity index (χ0n) is 16.4. The normalized spacial score (nSPS) is 13.4. The number of benzene rings is 3. The van der Waals surface area contributed by atoms with Crippen molar-refractivity contribution < 1.29 is 8.81 Å². The minimum absolute atomic E-state index is 0.362. The molecule has 0 radical (unpaired) electrons. The number of anilines is 1. The minimum Gasteiger partial charge on any atom is -0.423 e. The monoisotopic (exact) mass is 397 g/mol. The summed E-state index contributed by atoms with van der Waals surface area (Å²) in [6, 6.07) is 23.6. The van der Waals surface area contributed by atoms with Crippen LogP contribution in [0.1, 0.15) is 11.1 Å². The van der Waals surface area contributed by atoms with E-state index >= 15 is 0 Å². The molecule has 0 saturated carbocycles. The Kier molecular flexibility index (Phi) is 3.88. The maximum atomic E-state index is 12.7. The smallest absolute Gasteiger partial charge is 0.298 e. The van der Waals surface area contributed by atoms with Crippen molar-refractivity contribution in [1.82, 2.24) is 9.55 Å². The fourth-order valence-corrected chi connectivity index (χ4v) is 4.36. The van der Waals surface area contributed by atoms with Gasteiger partial charge in [0.15, 0.2) is 5.58 Å². The predicted octanol–water partition coefficient (Wildman–Crippen LogP) is 5.94. The molecule has 4 nitrogen and oxygen atoms in total. The van der Waals surface area contributed by atoms with Crippen molar-refractivity contribution in [3.8, 4) is 11.1 Å². The lowest BCUT2D eigenvalue weighted by Crippen LogP contribution is -2.14. The molecular formula is C25H20FN3O. The molecule has 1 aliphatic rings. The molecule has 3 aromatic carbocycles. The van der Waals surface area contributed by atoms with Crippen molar-refractivity contribution in [2.75, 3.05) is 11.6 Å². The molecule has 0 N–H and O–H groups in total. The van der Waals surface area contributed by atoms with Crippen LogP contribution in [-0.2, 0) is 19.6 Å². The first-order valence-corrected chi connectivity index (χ1v) is 10.2. The highest BCUT2D eigenvalue weighted by molar-refractivity contribution is 5.88. The molecular weight excluding hydrogens is 377 g/mol. The molecule has 1 aliphatic heterocycles. The van der Waals surface area contributed by atoms with Crippen LogP contribution in [0.2, 0.25) is 0 Å². The maximum absolute atomic E-state index is 12.7. The molecule has 0 unspecified atom stereocenters. The summed E-state index contributed by atoms with van der Waals surface area (Å²) in [5, 5.41) is 1.11. The molecule has 0 saturated heterocycles. The molecule has 2 aromatic heterocycles. The number of nitrogens with zero attached hydrogens (tertiary/aromatic N) is 3. The first-order valence-electron chi connectivity index (χ1n) is 10.2. The van der Waals surface area contributed by atoms with Gasteiger partial charge in [0, 0.05) is 30.2 Å². The van der Waals surface area contributed by atoms with Crippen LogP contribution in [0.4, 0.5) is 10.4 Å². The van der Waals surface area contributed by atoms with Crippen LogP contribution in [0.15, 0.2) is 77.3 Å². The largest absolute Gasteiger partial charge is 0.423 e. The highest BCUT2D eigenvalue weighted by Crippen LogP contribution is 2.32. The fraction of sp³-hybridized carbons (Fsp3) is 0.160. The van der Waals surface area contributed by atoms with E-state index in [0.717, 1.165) is 46.2 Å². The summed E-state index contributed by atoms with van der Waals surface area (Å²) in [5.74, 6) is 0. The van der Waals surface area contributed by atoms with Crippen LogP contribution >= 0.6 is 0 Å². The molecule has 3 heterocycles. The van der Waals surface area contributed by atoms with E-state index in [-0.39, 0.29) is 6.67 Å². The molecule has 30 heavy (non-hydrogen) atoms. The van der Waals surface area contributed by atoms with E-state index in [1.54, 1.807) is 0 Å². The summed E-state index contributed by atoms with van der Waals surface area (Å²) in [7, 11) is 0. The Morgan fingerprint density at radius 3 is 2.47 bits per heavy atom. The van der Waals surface area contributed by atoms with Gasteiger partial charge in [-0.2, -0.15) is 4.98 Å². The maximum Gasteiger partial charge on any atom is 0.298 e. The quantitative estimate of drug-likeness (QED) is 0.376. The fourth-order valence-electron chi connectivity index (χ4n) is 4.36. The van der Waals surface area contributed by atoms with Gasteiger partial charge < -0.3 is 13.9 Å². The van der Waals surface area contributed by atoms with Gasteiger partial charge in [0.1, 0.15) is 12.2 Å². The SMILES string of the molecule is FCCn1ccc2cc(-c3ccc4oc(N5Cc6ccccc6C5)nc4c3)ccc21. The summed E-state index contributed by atoms with van der Waals surface area (Å²) >= 11 is 0. The lowest BCUT2D eigenvalue weighted by Gasteiger charge is -2.10. The van der Waals surface area contributed by atoms with Crippen LogP contribution in [0.3, 0.4) is 0 Å². The Hall–Kier alpha value is -3.60. The Bertz CT molecular complexity index is 1360. The van der Waals surface area contributed by atoms with E-state index in [4.69, 9.17) is 9.40 Å². The van der Waals surface area contributed by atoms with Crippen LogP contribution < -0.4 is 4.90 Å². The second-order valence-electron chi connectivity index (χ2n) is 7.78. The molecule has 5 aromatic rings. The van der Waals surface area contributed by atoms with Gasteiger partial charge in [0.2, 0.25) is 0 Å². The molecule has 5 heteroatoms. The Morgan fingerprint density at radius 1 is 0.900 bits per heavy atom. The summed E-state index contributed by atoms with van der Waals surface area (Å²) < 4.78 is 20.7. The number of aryl methyl sites for hydroxylation is 1. The second kappa shape index (κ2) is 6.73. The van der Waals surface area contributed by atoms with E-state index in [1.807, 2.05) is 22.9 Å². The second-order valence-corrected chi connectivity index (χ2v) is 7.78. The number of fused-ring (bicyclic) bond motifs is 3. The van der Waals surface area contributed by atoms with E-state index in [0.29, 0.717) is 12.6 Å². The Morgan fingerprint density at radius 2 is 1.67 bits per heavy atom. The molecule has 0 atom stereocenters. The third kappa shape index (κ3) is 2.77. The van der Waals surface area contributed by atoms with Crippen molar-refractivity contribution in [3.05, 3.63) is 84.1 Å². The molecule has 0 amide bonds. The van der Waals surface area contributed by atoms with Gasteiger partial charge in [-0.1, -0.05) is 36.4 Å². The van der Waals surface area contributed by atoms with Crippen LogP contribution in [0, 0.1) is 0 Å². The van der Waals surface area contributed by atoms with Crippen LogP contribution in [-0.4, -0.2) is 16.2 Å². The van der Waals surface area contributed by atoms with Gasteiger partial charge in [-0.15, -0.1) is 0 Å². The van der Waals surface area contributed by atoms with Gasteiger partial charge in [-0.25, -0.2) is 4.39 Å². The van der Waals surface area contributed by atoms with Gasteiger partial charge in [-0.05, 0) is 52.6 Å². The highest BCUT2D eigenvalue weighted by atomic mass is 19.1. The lowest BCUT2D eigenvalue weighted by atomic mass is 10.0. The lowest BCUT2D eigenvalue weighted by molar-refractivity contribution is 0.451. The molecule has 0 bridgehead atoms. The van der Waals surface area contributed by atoms with E-state index in [2.05, 4.69) is 59.5 Å². The van der Waals surface area contributed by atoms with Gasteiger partial charge in [-0.3, -0.25) is 0 Å². The standard InChI is InChI=1S/C25H20FN3O/c26-10-12-28-11-9-19-13-17(5-7-23(19)28)18-6-8-24-22(14-18)27-25(30-24)29-15-20-3-1-2-4-21(20)16-29/h1-9,11,13-14H,10,12,15-16H2. The van der Waals surface area contributed by atoms with E-state index in [9.17, 15) is 4.39 Å². The predicted molar refractivity (Wildman–Crippen MR) is 117 cm³/mol. The zero-order valence-corrected chi connectivity index (χ0v) is 16.4. The number of rotatable bonds is 4. The molecule has 0 spiro atoms. The molecule has 6 rings (SSSR count). The van der Waals surface area contributed by atoms with Crippen LogP contribution in [0.5, 0.6) is 0 Å². The van der Waals surface area contributed by atoms with Gasteiger partial charge >= 0.3 is 0 Å². The third-order valence-corrected chi connectivity index (χ3v) is 5.92. The zero-order chi connectivity index (χ0) is 20.1. The van der Waals surface area contributed by atoms with Crippen LogP contribution in [0.25, 0.3) is 33.1 Å². The summed E-state index contributed by atoms with van der Waals surface area (Å²) in [6.07, 6.45) is 1.94. The Balaban J connectivity index is 1.33. The average Bonchev–Trinajstić information content (AvgIpc) is 3.49. The molecule has 148 valence electrons. The van der Waals surface area contributed by atoms with E-state index in [1.165, 1.54) is 11.1 Å². The summed E-state index contributed by atoms with van der Waals surface area (Å²) in [4.78, 5) is 6.94. The van der Waals surface area contributed by atoms with Crippen molar-refractivity contribution in [2.45, 2.75) is 19.6 Å². The summed E-state index contributed by atoms with van der Waals surface area (Å²) in [5.41, 5.74) is 7.55. The average molecular weight is 397 g/mol. The van der Waals surface area contributed by atoms with Crippen molar-refractivity contribution in [3.63, 3.8) is 0 Å². The first-order chi connectivity index (χ1) is 14.8. The number of aromatic nitrogens is 2. The molecule has 0 fully saturated rings. The third-order valence-electron chi connectivity index (χ3n) is 5.92. The van der Waals surface area contributed by atoms with Crippen molar-refractivity contribution in [2.24, 2.45) is 0 Å². The Labute approximate surface area is 173 Å². The van der Waals surface area contributed by atoms with Crippen molar-refractivity contribution in [1.29, 1.82) is 0 Å². The number of alkyl halides is 1. The highest BCUT2D eigenvalue weighted by Gasteiger charge is 2.22. The number of hydrogen-bond acceptors (Lipinski definition) is 3. The number of halogens is 1. The van der Waals surface area contributed by atoms with Gasteiger partial charge in [0.05, 0.1) is 6.54 Å². The molecule has 0 aliphatic carbocycles. The number of oxazole rings is 1. The number of hydrogen-bond donors (Lipinski definition) is 0. The topological polar surface area (TPSA) is 34.2 Å². The summed E-state index contributed by atoms with van der Waals surface area (Å²) in [6.45, 7) is 1.67. The van der Waals surface area contributed by atoms with E-state index < -0.39 is 0 Å². The minimum atomic E-state index is -0.362. The van der Waals surface area contributed by atoms with Gasteiger partial charge in [0.25, 0.3) is 6.01 Å². The first kappa shape index (κ1) is 17.3.